The molecule has 0 radical (unpaired) electrons. The molecule has 1 saturated carbocycles. The summed E-state index contributed by atoms with van der Waals surface area (Å²) in [4.78, 5) is 15.3. The van der Waals surface area contributed by atoms with Crippen LogP contribution in [0.3, 0.4) is 0 Å². The zero-order chi connectivity index (χ0) is 20.8. The van der Waals surface area contributed by atoms with Crippen molar-refractivity contribution >= 4 is 18.7 Å². The highest BCUT2D eigenvalue weighted by atomic mass is 19.4. The predicted octanol–water partition coefficient (Wildman–Crippen LogP) is 3.08. The SMILES string of the molecule is O=C1Nc2c(C(F)(F)F)cccc2C1(C1CCCCC1)N1CC=C(B(O)O)CC1. The lowest BCUT2D eigenvalue weighted by atomic mass is 9.68. The molecular weight excluding hydrogens is 384 g/mol. The Morgan fingerprint density at radius 2 is 1.90 bits per heavy atom. The van der Waals surface area contributed by atoms with Gasteiger partial charge in [0.1, 0.15) is 5.54 Å². The Morgan fingerprint density at radius 3 is 2.48 bits per heavy atom. The van der Waals surface area contributed by atoms with Crippen LogP contribution >= 0.6 is 0 Å². The first-order valence-electron chi connectivity index (χ1n) is 10.1. The van der Waals surface area contributed by atoms with Gasteiger partial charge in [-0.25, -0.2) is 0 Å². The van der Waals surface area contributed by atoms with Gasteiger partial charge < -0.3 is 15.4 Å². The summed E-state index contributed by atoms with van der Waals surface area (Å²) < 4.78 is 40.8. The number of carbonyl (C=O) groups excluding carboxylic acids is 1. The van der Waals surface area contributed by atoms with Gasteiger partial charge in [0, 0.05) is 18.7 Å². The maximum absolute atomic E-state index is 13.6. The summed E-state index contributed by atoms with van der Waals surface area (Å²) in [7, 11) is -1.55. The van der Waals surface area contributed by atoms with Crippen LogP contribution in [0.1, 0.15) is 49.7 Å². The van der Waals surface area contributed by atoms with Gasteiger partial charge in [-0.15, -0.1) is 0 Å². The average Bonchev–Trinajstić information content (AvgIpc) is 3.00. The third-order valence-electron chi connectivity index (χ3n) is 6.64. The van der Waals surface area contributed by atoms with Gasteiger partial charge in [0.05, 0.1) is 11.3 Å². The first kappa shape index (κ1) is 20.4. The Hall–Kier alpha value is -1.84. The van der Waals surface area contributed by atoms with Crippen LogP contribution in [0.5, 0.6) is 0 Å². The van der Waals surface area contributed by atoms with Crippen LogP contribution in [-0.4, -0.2) is 41.1 Å². The molecule has 29 heavy (non-hydrogen) atoms. The second-order valence-corrected chi connectivity index (χ2v) is 8.13. The number of fused-ring (bicyclic) bond motifs is 1. The largest absolute Gasteiger partial charge is 0.483 e. The molecule has 0 aromatic heterocycles. The van der Waals surface area contributed by atoms with E-state index in [9.17, 15) is 28.0 Å². The molecule has 156 valence electrons. The number of amides is 1. The van der Waals surface area contributed by atoms with E-state index in [2.05, 4.69) is 5.32 Å². The van der Waals surface area contributed by atoms with E-state index in [0.717, 1.165) is 38.2 Å². The first-order chi connectivity index (χ1) is 13.8. The Kier molecular flexibility index (Phi) is 5.25. The van der Waals surface area contributed by atoms with Crippen molar-refractivity contribution in [2.24, 2.45) is 5.92 Å². The van der Waals surface area contributed by atoms with E-state index in [4.69, 9.17) is 0 Å². The van der Waals surface area contributed by atoms with Crippen LogP contribution in [0.15, 0.2) is 29.7 Å². The number of alkyl halides is 3. The van der Waals surface area contributed by atoms with Gasteiger partial charge in [-0.3, -0.25) is 9.69 Å². The second-order valence-electron chi connectivity index (χ2n) is 8.13. The van der Waals surface area contributed by atoms with E-state index < -0.39 is 30.3 Å². The minimum atomic E-state index is -4.56. The van der Waals surface area contributed by atoms with Crippen LogP contribution in [0, 0.1) is 5.92 Å². The lowest BCUT2D eigenvalue weighted by Crippen LogP contribution is -2.57. The molecule has 2 aliphatic heterocycles. The number of hydrogen-bond donors (Lipinski definition) is 3. The molecule has 1 aromatic carbocycles. The molecule has 2 heterocycles. The third-order valence-corrected chi connectivity index (χ3v) is 6.64. The molecule has 4 rings (SSSR count). The van der Waals surface area contributed by atoms with Crippen molar-refractivity contribution < 1.29 is 28.0 Å². The van der Waals surface area contributed by atoms with Crippen molar-refractivity contribution in [2.75, 3.05) is 18.4 Å². The van der Waals surface area contributed by atoms with Crippen molar-refractivity contribution in [1.29, 1.82) is 0 Å². The highest BCUT2D eigenvalue weighted by Crippen LogP contribution is 2.53. The van der Waals surface area contributed by atoms with Gasteiger partial charge in [0.15, 0.2) is 0 Å². The predicted molar refractivity (Wildman–Crippen MR) is 103 cm³/mol. The lowest BCUT2D eigenvalue weighted by Gasteiger charge is -2.47. The van der Waals surface area contributed by atoms with Crippen LogP contribution < -0.4 is 5.32 Å². The van der Waals surface area contributed by atoms with Gasteiger partial charge in [-0.1, -0.05) is 37.5 Å². The molecular formula is C20H24BF3N2O3. The normalized spacial score (nSPS) is 26.1. The fourth-order valence-corrected chi connectivity index (χ4v) is 5.31. The van der Waals surface area contributed by atoms with Crippen molar-refractivity contribution in [2.45, 2.75) is 50.2 Å². The monoisotopic (exact) mass is 408 g/mol. The smallest absolute Gasteiger partial charge is 0.423 e. The summed E-state index contributed by atoms with van der Waals surface area (Å²) in [6, 6.07) is 4.02. The molecule has 1 aliphatic carbocycles. The minimum Gasteiger partial charge on any atom is -0.423 e. The van der Waals surface area contributed by atoms with E-state index in [0.29, 0.717) is 24.0 Å². The number of anilines is 1. The molecule has 3 N–H and O–H groups in total. The summed E-state index contributed by atoms with van der Waals surface area (Å²) in [5.41, 5.74) is -1.25. The molecule has 1 fully saturated rings. The van der Waals surface area contributed by atoms with Crippen LogP contribution in [0.2, 0.25) is 0 Å². The molecule has 3 aliphatic rings. The van der Waals surface area contributed by atoms with Crippen molar-refractivity contribution in [3.05, 3.63) is 40.9 Å². The number of nitrogens with zero attached hydrogens (tertiary/aromatic N) is 1. The summed E-state index contributed by atoms with van der Waals surface area (Å²) in [6.07, 6.45) is 1.97. The van der Waals surface area contributed by atoms with Gasteiger partial charge in [0.25, 0.3) is 0 Å². The van der Waals surface area contributed by atoms with Crippen molar-refractivity contribution in [1.82, 2.24) is 4.90 Å². The summed E-state index contributed by atoms with van der Waals surface area (Å²) in [6.45, 7) is 0.662. The number of benzene rings is 1. The zero-order valence-electron chi connectivity index (χ0n) is 16.0. The van der Waals surface area contributed by atoms with Crippen LogP contribution in [0.4, 0.5) is 18.9 Å². The van der Waals surface area contributed by atoms with E-state index in [1.807, 2.05) is 4.90 Å². The lowest BCUT2D eigenvalue weighted by molar-refractivity contribution is -0.137. The minimum absolute atomic E-state index is 0.0880. The topological polar surface area (TPSA) is 72.8 Å². The molecule has 1 atom stereocenters. The molecule has 0 bridgehead atoms. The fraction of sp³-hybridized carbons (Fsp3) is 0.550. The molecule has 1 unspecified atom stereocenters. The quantitative estimate of drug-likeness (QED) is 0.673. The van der Waals surface area contributed by atoms with Crippen LogP contribution in [0.25, 0.3) is 0 Å². The molecule has 0 spiro atoms. The average molecular weight is 408 g/mol. The van der Waals surface area contributed by atoms with Crippen LogP contribution in [-0.2, 0) is 16.5 Å². The fourth-order valence-electron chi connectivity index (χ4n) is 5.31. The van der Waals surface area contributed by atoms with Crippen molar-refractivity contribution in [3.8, 4) is 0 Å². The Morgan fingerprint density at radius 1 is 1.17 bits per heavy atom. The maximum atomic E-state index is 13.6. The Labute approximate surface area is 167 Å². The second kappa shape index (κ2) is 7.45. The first-order valence-corrected chi connectivity index (χ1v) is 10.1. The Balaban J connectivity index is 1.84. The number of halogens is 3. The Bertz CT molecular complexity index is 837. The van der Waals surface area contributed by atoms with Crippen molar-refractivity contribution in [3.63, 3.8) is 0 Å². The van der Waals surface area contributed by atoms with E-state index in [1.165, 1.54) is 6.07 Å². The zero-order valence-corrected chi connectivity index (χ0v) is 16.0. The van der Waals surface area contributed by atoms with Gasteiger partial charge in [-0.2, -0.15) is 13.2 Å². The number of para-hydroxylation sites is 1. The highest BCUT2D eigenvalue weighted by Gasteiger charge is 2.57. The highest BCUT2D eigenvalue weighted by molar-refractivity contribution is 6.50. The van der Waals surface area contributed by atoms with Gasteiger partial charge >= 0.3 is 13.3 Å². The summed E-state index contributed by atoms with van der Waals surface area (Å²) >= 11 is 0. The third kappa shape index (κ3) is 3.29. The van der Waals surface area contributed by atoms with Gasteiger partial charge in [-0.05, 0) is 36.7 Å². The maximum Gasteiger partial charge on any atom is 0.483 e. The standard InChI is InChI=1S/C20H24BF3N2O3/c22-20(23,24)16-8-4-7-15-17(16)25-18(27)19(15,13-5-2-1-3-6-13)26-11-9-14(10-12-26)21(28)29/h4,7-9,13,28-29H,1-3,5-6,10-12H2,(H,25,27). The number of hydrogen-bond acceptors (Lipinski definition) is 4. The van der Waals surface area contributed by atoms with E-state index >= 15 is 0 Å². The van der Waals surface area contributed by atoms with Gasteiger partial charge in [0.2, 0.25) is 5.91 Å². The molecule has 1 amide bonds. The summed E-state index contributed by atoms with van der Waals surface area (Å²) in [5.74, 6) is -0.493. The van der Waals surface area contributed by atoms with E-state index in [1.54, 1.807) is 12.1 Å². The number of rotatable bonds is 3. The molecule has 0 saturated heterocycles. The number of nitrogens with one attached hydrogen (secondary N) is 1. The number of carbonyl (C=O) groups is 1. The molecule has 5 nitrogen and oxygen atoms in total. The summed E-state index contributed by atoms with van der Waals surface area (Å²) in [5, 5.41) is 21.5. The molecule has 1 aromatic rings. The molecule has 9 heteroatoms. The van der Waals surface area contributed by atoms with E-state index in [-0.39, 0.29) is 18.2 Å².